The molecular formula is C17H12Cl2O2S. The zero-order chi connectivity index (χ0) is 15.7. The van der Waals surface area contributed by atoms with Crippen molar-refractivity contribution in [2.24, 2.45) is 0 Å². The minimum Gasteiger partial charge on any atom is -0.454 e. The normalized spacial score (nSPS) is 12.3. The second-order valence-corrected chi connectivity index (χ2v) is 6.65. The number of esters is 1. The fourth-order valence-electron chi connectivity index (χ4n) is 2.23. The fourth-order valence-corrected chi connectivity index (χ4v) is 3.91. The van der Waals surface area contributed by atoms with Gasteiger partial charge >= 0.3 is 5.97 Å². The van der Waals surface area contributed by atoms with Crippen molar-refractivity contribution in [2.45, 2.75) is 13.0 Å². The quantitative estimate of drug-likeness (QED) is 0.531. The van der Waals surface area contributed by atoms with Gasteiger partial charge in [0.25, 0.3) is 0 Å². The lowest BCUT2D eigenvalue weighted by Crippen LogP contribution is -2.08. The molecule has 1 aromatic heterocycles. The van der Waals surface area contributed by atoms with E-state index < -0.39 is 12.1 Å². The van der Waals surface area contributed by atoms with E-state index in [9.17, 15) is 4.79 Å². The third kappa shape index (κ3) is 2.84. The molecule has 1 atom stereocenters. The number of carbonyl (C=O) groups is 1. The van der Waals surface area contributed by atoms with Crippen molar-refractivity contribution in [1.29, 1.82) is 0 Å². The zero-order valence-corrected chi connectivity index (χ0v) is 14.0. The molecular weight excluding hydrogens is 339 g/mol. The van der Waals surface area contributed by atoms with Crippen LogP contribution in [0.1, 0.15) is 28.3 Å². The molecule has 5 heteroatoms. The summed E-state index contributed by atoms with van der Waals surface area (Å²) in [5.41, 5.74) is 0.773. The average molecular weight is 351 g/mol. The summed E-state index contributed by atoms with van der Waals surface area (Å²) < 4.78 is 6.48. The highest BCUT2D eigenvalue weighted by Crippen LogP contribution is 2.36. The maximum Gasteiger partial charge on any atom is 0.350 e. The van der Waals surface area contributed by atoms with Gasteiger partial charge in [0.15, 0.2) is 0 Å². The Labute approximate surface area is 142 Å². The Kier molecular flexibility index (Phi) is 4.39. The number of halogens is 2. The van der Waals surface area contributed by atoms with Gasteiger partial charge in [0.1, 0.15) is 11.0 Å². The van der Waals surface area contributed by atoms with Crippen LogP contribution >= 0.6 is 34.5 Å². The highest BCUT2D eigenvalue weighted by Gasteiger charge is 2.21. The van der Waals surface area contributed by atoms with Crippen LogP contribution in [0, 0.1) is 0 Å². The van der Waals surface area contributed by atoms with Crippen molar-refractivity contribution in [2.75, 3.05) is 0 Å². The van der Waals surface area contributed by atoms with Gasteiger partial charge in [-0.2, -0.15) is 0 Å². The van der Waals surface area contributed by atoms with Gasteiger partial charge in [-0.3, -0.25) is 0 Å². The van der Waals surface area contributed by atoms with Crippen molar-refractivity contribution in [3.63, 3.8) is 0 Å². The van der Waals surface area contributed by atoms with Crippen LogP contribution in [0.3, 0.4) is 0 Å². The first-order chi connectivity index (χ1) is 10.6. The largest absolute Gasteiger partial charge is 0.454 e. The molecule has 0 amide bonds. The zero-order valence-electron chi connectivity index (χ0n) is 11.7. The molecule has 3 rings (SSSR count). The smallest absolute Gasteiger partial charge is 0.350 e. The van der Waals surface area contributed by atoms with E-state index in [-0.39, 0.29) is 0 Å². The number of hydrogen-bond donors (Lipinski definition) is 0. The lowest BCUT2D eigenvalue weighted by Gasteiger charge is -2.14. The molecule has 0 spiro atoms. The van der Waals surface area contributed by atoms with Gasteiger partial charge in [-0.05, 0) is 19.1 Å². The first-order valence-electron chi connectivity index (χ1n) is 6.70. The predicted molar refractivity (Wildman–Crippen MR) is 92.1 cm³/mol. The standard InChI is InChI=1S/C17H12Cl2O2S/c1-10(11-6-2-4-8-13(11)18)21-17(20)16-15(19)12-7-3-5-9-14(12)22-16/h2-10H,1H3/t10-/m0/s1. The Balaban J connectivity index is 1.87. The number of ether oxygens (including phenoxy) is 1. The van der Waals surface area contributed by atoms with Crippen molar-refractivity contribution in [3.05, 3.63) is 69.0 Å². The van der Waals surface area contributed by atoms with Gasteiger partial charge in [-0.1, -0.05) is 59.6 Å². The average Bonchev–Trinajstić information content (AvgIpc) is 2.85. The molecule has 0 saturated heterocycles. The monoisotopic (exact) mass is 350 g/mol. The topological polar surface area (TPSA) is 26.3 Å². The number of hydrogen-bond acceptors (Lipinski definition) is 3. The van der Waals surface area contributed by atoms with Crippen LogP contribution in [0.4, 0.5) is 0 Å². The first kappa shape index (κ1) is 15.3. The minimum atomic E-state index is -0.442. The van der Waals surface area contributed by atoms with E-state index in [0.717, 1.165) is 15.6 Å². The fraction of sp³-hybridized carbons (Fsp3) is 0.118. The molecule has 0 unspecified atom stereocenters. The minimum absolute atomic E-state index is 0.418. The molecule has 0 fully saturated rings. The summed E-state index contributed by atoms with van der Waals surface area (Å²) in [6, 6.07) is 14.9. The highest BCUT2D eigenvalue weighted by molar-refractivity contribution is 7.21. The third-order valence-corrected chi connectivity index (χ3v) is 5.35. The van der Waals surface area contributed by atoms with Gasteiger partial charge < -0.3 is 4.74 Å². The van der Waals surface area contributed by atoms with E-state index in [0.29, 0.717) is 14.9 Å². The summed E-state index contributed by atoms with van der Waals surface area (Å²) in [6.07, 6.45) is -0.442. The summed E-state index contributed by atoms with van der Waals surface area (Å²) in [5.74, 6) is -0.432. The number of thiophene rings is 1. The molecule has 0 bridgehead atoms. The van der Waals surface area contributed by atoms with Crippen molar-refractivity contribution in [1.82, 2.24) is 0 Å². The summed E-state index contributed by atoms with van der Waals surface area (Å²) in [7, 11) is 0. The molecule has 0 N–H and O–H groups in total. The van der Waals surface area contributed by atoms with Crippen LogP contribution in [0.25, 0.3) is 10.1 Å². The molecule has 2 nitrogen and oxygen atoms in total. The Morgan fingerprint density at radius 1 is 1.09 bits per heavy atom. The molecule has 0 aliphatic rings. The van der Waals surface area contributed by atoms with Crippen LogP contribution < -0.4 is 0 Å². The number of benzene rings is 2. The van der Waals surface area contributed by atoms with E-state index in [2.05, 4.69) is 0 Å². The van der Waals surface area contributed by atoms with Crippen molar-refractivity contribution >= 4 is 50.6 Å². The molecule has 0 saturated carbocycles. The Morgan fingerprint density at radius 3 is 2.50 bits per heavy atom. The maximum atomic E-state index is 12.4. The van der Waals surface area contributed by atoms with Crippen LogP contribution in [-0.4, -0.2) is 5.97 Å². The number of carbonyl (C=O) groups excluding carboxylic acids is 1. The molecule has 22 heavy (non-hydrogen) atoms. The second-order valence-electron chi connectivity index (χ2n) is 4.81. The summed E-state index contributed by atoms with van der Waals surface area (Å²) in [4.78, 5) is 12.8. The molecule has 0 radical (unpaired) electrons. The predicted octanol–water partition coefficient (Wildman–Crippen LogP) is 6.13. The van der Waals surface area contributed by atoms with Crippen LogP contribution in [0.15, 0.2) is 48.5 Å². The van der Waals surface area contributed by atoms with Gasteiger partial charge in [0.05, 0.1) is 5.02 Å². The lowest BCUT2D eigenvalue weighted by atomic mass is 10.1. The first-order valence-corrected chi connectivity index (χ1v) is 8.27. The molecule has 0 aliphatic carbocycles. The summed E-state index contributed by atoms with van der Waals surface area (Å²) >= 11 is 13.8. The third-order valence-electron chi connectivity index (χ3n) is 3.35. The van der Waals surface area contributed by atoms with Crippen molar-refractivity contribution in [3.8, 4) is 0 Å². The van der Waals surface area contributed by atoms with E-state index in [1.54, 1.807) is 13.0 Å². The van der Waals surface area contributed by atoms with Crippen molar-refractivity contribution < 1.29 is 9.53 Å². The highest BCUT2D eigenvalue weighted by atomic mass is 35.5. The molecule has 3 aromatic rings. The molecule has 2 aromatic carbocycles. The van der Waals surface area contributed by atoms with E-state index in [4.69, 9.17) is 27.9 Å². The van der Waals surface area contributed by atoms with Gasteiger partial charge in [-0.15, -0.1) is 11.3 Å². The summed E-state index contributed by atoms with van der Waals surface area (Å²) in [6.45, 7) is 1.79. The van der Waals surface area contributed by atoms with E-state index in [1.165, 1.54) is 11.3 Å². The van der Waals surface area contributed by atoms with E-state index >= 15 is 0 Å². The Hall–Kier alpha value is -1.55. The number of rotatable bonds is 3. The maximum absolute atomic E-state index is 12.4. The van der Waals surface area contributed by atoms with Gasteiger partial charge in [0.2, 0.25) is 0 Å². The van der Waals surface area contributed by atoms with Crippen LogP contribution in [0.5, 0.6) is 0 Å². The molecule has 1 heterocycles. The molecule has 0 aliphatic heterocycles. The molecule has 112 valence electrons. The Morgan fingerprint density at radius 2 is 1.77 bits per heavy atom. The lowest BCUT2D eigenvalue weighted by molar-refractivity contribution is 0.0344. The van der Waals surface area contributed by atoms with E-state index in [1.807, 2.05) is 42.5 Å². The Bertz CT molecular complexity index is 842. The SMILES string of the molecule is C[C@H](OC(=O)c1sc2ccccc2c1Cl)c1ccccc1Cl. The van der Waals surface area contributed by atoms with Gasteiger partial charge in [0, 0.05) is 20.7 Å². The van der Waals surface area contributed by atoms with Gasteiger partial charge in [-0.25, -0.2) is 4.79 Å². The van der Waals surface area contributed by atoms with Crippen LogP contribution in [-0.2, 0) is 4.74 Å². The summed E-state index contributed by atoms with van der Waals surface area (Å²) in [5, 5.41) is 1.88. The van der Waals surface area contributed by atoms with Crippen LogP contribution in [0.2, 0.25) is 10.0 Å². The second kappa shape index (κ2) is 6.29. The number of fused-ring (bicyclic) bond motifs is 1.